The van der Waals surface area contributed by atoms with Crippen LogP contribution in [-0.4, -0.2) is 26.4 Å². The number of benzene rings is 2. The SMILES string of the molecule is CC(OC(=O)c1cccc(C(F)(F)F)c1)C(=O)Nc1cccc(S(N)(=O)=O)c1. The molecule has 0 saturated carbocycles. The molecule has 28 heavy (non-hydrogen) atoms. The number of hydrogen-bond acceptors (Lipinski definition) is 5. The van der Waals surface area contributed by atoms with Crippen molar-refractivity contribution in [1.82, 2.24) is 0 Å². The fraction of sp³-hybridized carbons (Fsp3) is 0.176. The zero-order valence-corrected chi connectivity index (χ0v) is 15.2. The summed E-state index contributed by atoms with van der Waals surface area (Å²) in [5, 5.41) is 7.33. The van der Waals surface area contributed by atoms with Crippen molar-refractivity contribution in [3.63, 3.8) is 0 Å². The maximum absolute atomic E-state index is 12.7. The van der Waals surface area contributed by atoms with E-state index in [1.54, 1.807) is 0 Å². The first-order chi connectivity index (χ1) is 12.9. The van der Waals surface area contributed by atoms with Crippen LogP contribution in [0.25, 0.3) is 0 Å². The Morgan fingerprint density at radius 3 is 2.36 bits per heavy atom. The number of halogens is 3. The van der Waals surface area contributed by atoms with E-state index < -0.39 is 39.7 Å². The molecular formula is C17H15F3N2O5S. The first kappa shape index (κ1) is 21.4. The molecule has 3 N–H and O–H groups in total. The second-order valence-electron chi connectivity index (χ2n) is 5.69. The Morgan fingerprint density at radius 2 is 1.75 bits per heavy atom. The molecule has 0 bridgehead atoms. The van der Waals surface area contributed by atoms with Gasteiger partial charge in [0.1, 0.15) is 0 Å². The van der Waals surface area contributed by atoms with Crippen LogP contribution in [0.1, 0.15) is 22.8 Å². The van der Waals surface area contributed by atoms with Crippen molar-refractivity contribution in [2.24, 2.45) is 5.14 Å². The van der Waals surface area contributed by atoms with Gasteiger partial charge in [0, 0.05) is 5.69 Å². The van der Waals surface area contributed by atoms with Crippen LogP contribution in [0.2, 0.25) is 0 Å². The largest absolute Gasteiger partial charge is 0.449 e. The van der Waals surface area contributed by atoms with Crippen LogP contribution < -0.4 is 10.5 Å². The lowest BCUT2D eigenvalue weighted by atomic mass is 10.1. The summed E-state index contributed by atoms with van der Waals surface area (Å²) in [5.74, 6) is -1.93. The molecule has 7 nitrogen and oxygen atoms in total. The number of amides is 1. The van der Waals surface area contributed by atoms with E-state index in [1.807, 2.05) is 0 Å². The third-order valence-corrected chi connectivity index (χ3v) is 4.42. The predicted octanol–water partition coefficient (Wildman–Crippen LogP) is 2.54. The Balaban J connectivity index is 2.08. The molecule has 2 aromatic rings. The van der Waals surface area contributed by atoms with Crippen LogP contribution in [0.4, 0.5) is 18.9 Å². The van der Waals surface area contributed by atoms with Gasteiger partial charge in [0.25, 0.3) is 5.91 Å². The number of sulfonamides is 1. The van der Waals surface area contributed by atoms with Crippen molar-refractivity contribution < 1.29 is 35.9 Å². The highest BCUT2D eigenvalue weighted by molar-refractivity contribution is 7.89. The number of primary sulfonamides is 1. The minimum atomic E-state index is -4.63. The summed E-state index contributed by atoms with van der Waals surface area (Å²) >= 11 is 0. The van der Waals surface area contributed by atoms with E-state index in [9.17, 15) is 31.2 Å². The van der Waals surface area contributed by atoms with Crippen molar-refractivity contribution in [2.45, 2.75) is 24.1 Å². The van der Waals surface area contributed by atoms with Gasteiger partial charge >= 0.3 is 12.1 Å². The molecule has 0 aliphatic rings. The van der Waals surface area contributed by atoms with E-state index >= 15 is 0 Å². The molecule has 2 aromatic carbocycles. The van der Waals surface area contributed by atoms with Gasteiger partial charge in [0.15, 0.2) is 6.10 Å². The third-order valence-electron chi connectivity index (χ3n) is 3.51. The number of rotatable bonds is 5. The van der Waals surface area contributed by atoms with Gasteiger partial charge in [-0.1, -0.05) is 12.1 Å². The zero-order chi connectivity index (χ0) is 21.1. The fourth-order valence-electron chi connectivity index (χ4n) is 2.10. The number of hydrogen-bond donors (Lipinski definition) is 2. The Bertz CT molecular complexity index is 1010. The number of ether oxygens (including phenoxy) is 1. The van der Waals surface area contributed by atoms with E-state index in [2.05, 4.69) is 5.32 Å². The van der Waals surface area contributed by atoms with E-state index in [4.69, 9.17) is 9.88 Å². The summed E-state index contributed by atoms with van der Waals surface area (Å²) in [6, 6.07) is 8.63. The summed E-state index contributed by atoms with van der Waals surface area (Å²) in [5.41, 5.74) is -1.32. The number of alkyl halides is 3. The highest BCUT2D eigenvalue weighted by Gasteiger charge is 2.31. The molecule has 11 heteroatoms. The summed E-state index contributed by atoms with van der Waals surface area (Å²) in [4.78, 5) is 23.9. The van der Waals surface area contributed by atoms with Gasteiger partial charge < -0.3 is 10.1 Å². The number of carbonyl (C=O) groups excluding carboxylic acids is 2. The number of carbonyl (C=O) groups is 2. The molecule has 150 valence electrons. The minimum absolute atomic E-state index is 0.0819. The molecule has 0 aliphatic carbocycles. The third kappa shape index (κ3) is 5.54. The first-order valence-electron chi connectivity index (χ1n) is 7.70. The van der Waals surface area contributed by atoms with Crippen LogP contribution >= 0.6 is 0 Å². The van der Waals surface area contributed by atoms with E-state index in [0.29, 0.717) is 6.07 Å². The molecular weight excluding hydrogens is 401 g/mol. The highest BCUT2D eigenvalue weighted by Crippen LogP contribution is 2.29. The fourth-order valence-corrected chi connectivity index (χ4v) is 2.66. The Morgan fingerprint density at radius 1 is 1.11 bits per heavy atom. The van der Waals surface area contributed by atoms with Gasteiger partial charge in [0.2, 0.25) is 10.0 Å². The lowest BCUT2D eigenvalue weighted by molar-refractivity contribution is -0.137. The summed E-state index contributed by atoms with van der Waals surface area (Å²) in [7, 11) is -3.98. The zero-order valence-electron chi connectivity index (χ0n) is 14.4. The molecule has 0 radical (unpaired) electrons. The molecule has 0 spiro atoms. The van der Waals surface area contributed by atoms with Crippen LogP contribution in [-0.2, 0) is 25.7 Å². The van der Waals surface area contributed by atoms with Crippen molar-refractivity contribution >= 4 is 27.6 Å². The maximum atomic E-state index is 12.7. The maximum Gasteiger partial charge on any atom is 0.416 e. The number of nitrogens with two attached hydrogens (primary N) is 1. The molecule has 0 heterocycles. The molecule has 0 saturated heterocycles. The number of esters is 1. The lowest BCUT2D eigenvalue weighted by Gasteiger charge is -2.14. The first-order valence-corrected chi connectivity index (χ1v) is 9.24. The molecule has 0 aliphatic heterocycles. The highest BCUT2D eigenvalue weighted by atomic mass is 32.2. The van der Waals surface area contributed by atoms with Crippen LogP contribution in [0.5, 0.6) is 0 Å². The average molecular weight is 416 g/mol. The molecule has 2 rings (SSSR count). The molecule has 1 unspecified atom stereocenters. The number of nitrogens with one attached hydrogen (secondary N) is 1. The van der Waals surface area contributed by atoms with E-state index in [0.717, 1.165) is 24.3 Å². The Kier molecular flexibility index (Phi) is 6.10. The quantitative estimate of drug-likeness (QED) is 0.727. The number of anilines is 1. The topological polar surface area (TPSA) is 116 Å². The second kappa shape index (κ2) is 7.98. The molecule has 1 atom stereocenters. The van der Waals surface area contributed by atoms with Gasteiger partial charge in [-0.3, -0.25) is 4.79 Å². The van der Waals surface area contributed by atoms with Gasteiger partial charge in [-0.05, 0) is 43.3 Å². The van der Waals surface area contributed by atoms with Crippen molar-refractivity contribution in [1.29, 1.82) is 0 Å². The Hall–Kier alpha value is -2.92. The second-order valence-corrected chi connectivity index (χ2v) is 7.25. The van der Waals surface area contributed by atoms with Crippen molar-refractivity contribution in [2.75, 3.05) is 5.32 Å². The van der Waals surface area contributed by atoms with Crippen LogP contribution in [0.3, 0.4) is 0 Å². The van der Waals surface area contributed by atoms with Crippen molar-refractivity contribution in [3.8, 4) is 0 Å². The van der Waals surface area contributed by atoms with Gasteiger partial charge in [-0.15, -0.1) is 0 Å². The standard InChI is InChI=1S/C17H15F3N2O5S/c1-10(15(23)22-13-6-3-7-14(9-13)28(21,25)26)27-16(24)11-4-2-5-12(8-11)17(18,19)20/h2-10H,1H3,(H,22,23)(H2,21,25,26). The van der Waals surface area contributed by atoms with E-state index in [-0.39, 0.29) is 16.1 Å². The van der Waals surface area contributed by atoms with Crippen LogP contribution in [0, 0.1) is 0 Å². The smallest absolute Gasteiger partial charge is 0.416 e. The molecule has 0 aromatic heterocycles. The lowest BCUT2D eigenvalue weighted by Crippen LogP contribution is -2.30. The van der Waals surface area contributed by atoms with Gasteiger partial charge in [-0.25, -0.2) is 18.4 Å². The molecule has 1 amide bonds. The summed E-state index contributed by atoms with van der Waals surface area (Å²) in [6.07, 6.45) is -5.99. The normalized spacial score (nSPS) is 12.9. The summed E-state index contributed by atoms with van der Waals surface area (Å²) in [6.45, 7) is 1.21. The Labute approximate surface area is 158 Å². The van der Waals surface area contributed by atoms with Gasteiger partial charge in [-0.2, -0.15) is 13.2 Å². The predicted molar refractivity (Wildman–Crippen MR) is 92.8 cm³/mol. The van der Waals surface area contributed by atoms with Gasteiger partial charge in [0.05, 0.1) is 16.0 Å². The minimum Gasteiger partial charge on any atom is -0.449 e. The van der Waals surface area contributed by atoms with Crippen LogP contribution in [0.15, 0.2) is 53.4 Å². The average Bonchev–Trinajstić information content (AvgIpc) is 2.60. The van der Waals surface area contributed by atoms with Crippen molar-refractivity contribution in [3.05, 3.63) is 59.7 Å². The molecule has 0 fully saturated rings. The monoisotopic (exact) mass is 416 g/mol. The van der Waals surface area contributed by atoms with E-state index in [1.165, 1.54) is 25.1 Å². The summed E-state index contributed by atoms with van der Waals surface area (Å²) < 4.78 is 65.7.